The average Bonchev–Trinajstić information content (AvgIpc) is 1.72. The van der Waals surface area contributed by atoms with Crippen molar-refractivity contribution in [3.05, 3.63) is 143 Å². The molecule has 1 aliphatic rings. The number of imidazole rings is 1. The van der Waals surface area contributed by atoms with Gasteiger partial charge < -0.3 is 93.7 Å². The van der Waals surface area contributed by atoms with Crippen LogP contribution >= 0.6 is 0 Å². The number of aromatic amines is 1. The van der Waals surface area contributed by atoms with Crippen molar-refractivity contribution in [3.63, 3.8) is 0 Å². The van der Waals surface area contributed by atoms with E-state index in [4.69, 9.17) is 10.5 Å². The zero-order chi connectivity index (χ0) is 78.9. The SMILES string of the molecule is CCc1cc(OC)ccc1-c1ccc(C[C@H](NC(=O)[C@H](CC(=O)O)NC(=O)[C@H](CO)NC(=O)[C@@H](NC(=O)[C@](C)(Cc2ccccc2F)NC(=O)[C@@H](NC(=O)CNC(=O)[C@H](CCC(=O)O)NC(=O)[C@]2(C)CCCN2C(=O)CCc2c[nH]cn2)[C@@H](C)O)[C@@H](C)O)C(=O)N[C@@H](CCCc2ccc(C)cc2)C(N)=O)cc1. The molecule has 0 unspecified atom stereocenters. The molecule has 1 saturated heterocycles. The number of hydrogen-bond acceptors (Lipinski definition) is 18. The van der Waals surface area contributed by atoms with Gasteiger partial charge in [-0.25, -0.2) is 9.37 Å². The Hall–Kier alpha value is -11.2. The molecule has 4 aromatic carbocycles. The van der Waals surface area contributed by atoms with Crippen molar-refractivity contribution >= 4 is 76.9 Å². The van der Waals surface area contributed by atoms with Gasteiger partial charge in [0.15, 0.2) is 0 Å². The molecule has 0 bridgehead atoms. The number of nitrogens with zero attached hydrogens (tertiary/aromatic N) is 2. The molecule has 0 saturated carbocycles. The zero-order valence-corrected chi connectivity index (χ0v) is 60.6. The van der Waals surface area contributed by atoms with Gasteiger partial charge in [-0.1, -0.05) is 85.3 Å². The summed E-state index contributed by atoms with van der Waals surface area (Å²) in [6, 6.07) is 12.5. The van der Waals surface area contributed by atoms with Crippen LogP contribution in [0.25, 0.3) is 11.1 Å². The molecule has 11 amide bonds. The number of likely N-dealkylation sites (tertiary alicyclic amines) is 1. The predicted octanol–water partition coefficient (Wildman–Crippen LogP) is -0.119. The highest BCUT2D eigenvalue weighted by Crippen LogP contribution is 2.32. The number of aryl methyl sites for hydroxylation is 4. The highest BCUT2D eigenvalue weighted by atomic mass is 19.1. The number of H-pyrrole nitrogens is 1. The molecule has 578 valence electrons. The zero-order valence-electron chi connectivity index (χ0n) is 60.6. The predicted molar refractivity (Wildman–Crippen MR) is 384 cm³/mol. The van der Waals surface area contributed by atoms with Crippen LogP contribution in [0.1, 0.15) is 119 Å². The monoisotopic (exact) mass is 1490 g/mol. The summed E-state index contributed by atoms with van der Waals surface area (Å²) in [5.41, 5.74) is 7.44. The molecule has 11 atom stereocenters. The van der Waals surface area contributed by atoms with E-state index < -0.39 is 181 Å². The number of primary amides is 1. The van der Waals surface area contributed by atoms with E-state index in [0.717, 1.165) is 54.7 Å². The van der Waals surface area contributed by atoms with Gasteiger partial charge in [-0.3, -0.25) is 62.3 Å². The molecule has 17 N–H and O–H groups in total. The van der Waals surface area contributed by atoms with E-state index in [9.17, 15) is 87.9 Å². The second kappa shape index (κ2) is 39.8. The molecule has 2 heterocycles. The number of rotatable bonds is 41. The van der Waals surface area contributed by atoms with Crippen molar-refractivity contribution in [2.45, 2.75) is 191 Å². The van der Waals surface area contributed by atoms with Crippen LogP contribution in [0.2, 0.25) is 0 Å². The lowest BCUT2D eigenvalue weighted by Gasteiger charge is -2.35. The number of ether oxygens (including phenoxy) is 1. The van der Waals surface area contributed by atoms with Gasteiger partial charge in [0.1, 0.15) is 64.9 Å². The molecule has 5 aromatic rings. The number of hydrogen-bond donors (Lipinski definition) is 16. The van der Waals surface area contributed by atoms with Gasteiger partial charge in [0, 0.05) is 38.4 Å². The van der Waals surface area contributed by atoms with Gasteiger partial charge >= 0.3 is 11.9 Å². The third kappa shape index (κ3) is 24.7. The maximum absolute atomic E-state index is 15.5. The summed E-state index contributed by atoms with van der Waals surface area (Å²) in [6.07, 6.45) is -1.35. The first-order chi connectivity index (χ1) is 50.7. The Balaban J connectivity index is 1.16. The van der Waals surface area contributed by atoms with E-state index in [-0.39, 0.29) is 50.1 Å². The number of aliphatic hydroxyl groups excluding tert-OH is 3. The number of carboxylic acids is 2. The van der Waals surface area contributed by atoms with E-state index in [1.54, 1.807) is 43.6 Å². The van der Waals surface area contributed by atoms with Gasteiger partial charge in [-0.05, 0) is 138 Å². The molecule has 32 nitrogen and oxygen atoms in total. The van der Waals surface area contributed by atoms with Crippen LogP contribution in [0.15, 0.2) is 104 Å². The van der Waals surface area contributed by atoms with Crippen molar-refractivity contribution < 1.29 is 97.0 Å². The number of amides is 11. The number of nitrogens with one attached hydrogen (secondary N) is 10. The summed E-state index contributed by atoms with van der Waals surface area (Å²) >= 11 is 0. The Kier molecular flexibility index (Phi) is 31.5. The second-order valence-electron chi connectivity index (χ2n) is 26.8. The Morgan fingerprint density at radius 2 is 1.33 bits per heavy atom. The molecule has 1 fully saturated rings. The van der Waals surface area contributed by atoms with Gasteiger partial charge in [0.05, 0.1) is 50.9 Å². The third-order valence-electron chi connectivity index (χ3n) is 18.4. The van der Waals surface area contributed by atoms with Crippen molar-refractivity contribution in [2.75, 3.05) is 26.8 Å². The summed E-state index contributed by atoms with van der Waals surface area (Å²) in [7, 11) is 1.55. The molecule has 6 rings (SSSR count). The number of aliphatic carboxylic acids is 2. The number of benzene rings is 4. The van der Waals surface area contributed by atoms with Crippen molar-refractivity contribution in [3.8, 4) is 16.9 Å². The van der Waals surface area contributed by atoms with E-state index in [1.807, 2.05) is 50.2 Å². The van der Waals surface area contributed by atoms with E-state index >= 15 is 4.39 Å². The lowest BCUT2D eigenvalue weighted by atomic mass is 9.90. The van der Waals surface area contributed by atoms with Crippen LogP contribution in [0.5, 0.6) is 5.75 Å². The van der Waals surface area contributed by atoms with E-state index in [2.05, 4.69) is 57.8 Å². The fourth-order valence-corrected chi connectivity index (χ4v) is 12.2. The minimum atomic E-state index is -2.41. The fourth-order valence-electron chi connectivity index (χ4n) is 12.2. The Morgan fingerprint density at radius 1 is 0.701 bits per heavy atom. The lowest BCUT2D eigenvalue weighted by molar-refractivity contribution is -0.145. The number of aliphatic hydroxyl groups is 3. The van der Waals surface area contributed by atoms with Crippen LogP contribution in [0, 0.1) is 12.7 Å². The maximum Gasteiger partial charge on any atom is 0.305 e. The molecule has 0 spiro atoms. The summed E-state index contributed by atoms with van der Waals surface area (Å²) in [6.45, 7) is 6.50. The van der Waals surface area contributed by atoms with Gasteiger partial charge in [0.25, 0.3) is 0 Å². The van der Waals surface area contributed by atoms with Crippen LogP contribution in [0.4, 0.5) is 4.39 Å². The number of aromatic nitrogens is 2. The van der Waals surface area contributed by atoms with Gasteiger partial charge in [0.2, 0.25) is 65.0 Å². The summed E-state index contributed by atoms with van der Waals surface area (Å²) in [4.78, 5) is 186. The molecule has 0 radical (unpaired) electrons. The number of methoxy groups -OCH3 is 1. The highest BCUT2D eigenvalue weighted by molar-refractivity contribution is 6.01. The minimum Gasteiger partial charge on any atom is -0.497 e. The summed E-state index contributed by atoms with van der Waals surface area (Å²) in [5.74, 6) is -15.1. The fraction of sp³-hybridized carbons (Fsp3) is 0.459. The molecule has 1 aliphatic heterocycles. The number of carbonyl (C=O) groups is 13. The van der Waals surface area contributed by atoms with E-state index in [1.165, 1.54) is 36.4 Å². The van der Waals surface area contributed by atoms with Gasteiger partial charge in [-0.15, -0.1) is 0 Å². The van der Waals surface area contributed by atoms with Crippen LogP contribution in [-0.2, 0) is 94.4 Å². The first-order valence-electron chi connectivity index (χ1n) is 34.9. The van der Waals surface area contributed by atoms with Crippen molar-refractivity contribution in [2.24, 2.45) is 5.73 Å². The van der Waals surface area contributed by atoms with Gasteiger partial charge in [-0.2, -0.15) is 0 Å². The molecular formula is C74H96FN13O19. The third-order valence-corrected chi connectivity index (χ3v) is 18.4. The Bertz CT molecular complexity index is 3970. The van der Waals surface area contributed by atoms with Crippen molar-refractivity contribution in [1.82, 2.24) is 62.7 Å². The Labute approximate surface area is 617 Å². The number of carbonyl (C=O) groups excluding carboxylic acids is 11. The molecule has 0 aliphatic carbocycles. The largest absolute Gasteiger partial charge is 0.497 e. The topological polar surface area (TPSA) is 498 Å². The lowest BCUT2D eigenvalue weighted by Crippen LogP contribution is -2.67. The van der Waals surface area contributed by atoms with Crippen LogP contribution in [0.3, 0.4) is 0 Å². The number of carboxylic acid groups (broad SMARTS) is 2. The quantitative estimate of drug-likeness (QED) is 0.0243. The highest BCUT2D eigenvalue weighted by Gasteiger charge is 2.47. The van der Waals surface area contributed by atoms with Crippen molar-refractivity contribution in [1.29, 1.82) is 0 Å². The maximum atomic E-state index is 15.5. The van der Waals surface area contributed by atoms with Crippen LogP contribution < -0.4 is 58.3 Å². The number of halogens is 1. The molecule has 1 aromatic heterocycles. The first kappa shape index (κ1) is 84.7. The van der Waals surface area contributed by atoms with E-state index in [0.29, 0.717) is 42.7 Å². The molecular weight excluding hydrogens is 1390 g/mol. The number of nitrogens with two attached hydrogens (primary N) is 1. The standard InChI is InChI=1S/C74H96FN13O19/c1-8-46-34-50(107-7)26-27-51(46)47-23-21-45(22-24-47)33-55(66(100)80-53(64(76)98)16-11-13-44-19-17-41(2)18-20-44)81-67(101)56(35-61(96)97)82-68(102)57(39-89)83-69(103)62(42(3)90)86-71(105)73(5,36-48-14-9-10-15-52(48)75)87-70(104)63(43(4)91)85-58(92)38-78-65(99)54(28-30-60(94)95)84-72(106)74(6)31-12-32-88(74)59(93)29-25-49-37-77-40-79-49/h9-10,14-15,17-24,26-27,34,37,40,42-43,53-57,62-63,89-91H,8,11-13,16,25,28-33,35-36,38-39H2,1-7H3,(H2,76,98)(H,77,79)(H,78,99)(H,80,100)(H,81,101)(H,82,102)(H,83,103)(H,84,106)(H,85,92)(H,86,105)(H,87,104)(H,94,95)(H,96,97)/t42-,43-,53+,54+,55+,56+,57+,62+,63+,73+,74+/m1/s1. The summed E-state index contributed by atoms with van der Waals surface area (Å²) in [5, 5.41) is 73.1. The molecule has 33 heteroatoms. The minimum absolute atomic E-state index is 0.00331. The average molecular weight is 1490 g/mol. The smallest absolute Gasteiger partial charge is 0.305 e. The molecule has 107 heavy (non-hydrogen) atoms. The normalized spacial score (nSPS) is 16.3. The second-order valence-corrected chi connectivity index (χ2v) is 26.8. The van der Waals surface area contributed by atoms with Crippen LogP contribution in [-0.4, -0.2) is 210 Å². The first-order valence-corrected chi connectivity index (χ1v) is 34.9. The Morgan fingerprint density at radius 3 is 1.93 bits per heavy atom. The summed E-state index contributed by atoms with van der Waals surface area (Å²) < 4.78 is 20.9.